The van der Waals surface area contributed by atoms with E-state index in [0.29, 0.717) is 23.6 Å². The highest BCUT2D eigenvalue weighted by molar-refractivity contribution is 5.90. The number of carboxylic acid groups (broad SMARTS) is 1. The molecule has 3 N–H and O–H groups in total. The molecular formula is C20H23N7O3. The Balaban J connectivity index is 1.50. The molecule has 1 atom stereocenters. The summed E-state index contributed by atoms with van der Waals surface area (Å²) < 4.78 is 0. The number of aliphatic hydroxyl groups is 1. The van der Waals surface area contributed by atoms with Gasteiger partial charge in [0, 0.05) is 44.0 Å². The summed E-state index contributed by atoms with van der Waals surface area (Å²) in [4.78, 5) is 33.5. The first-order chi connectivity index (χ1) is 14.6. The van der Waals surface area contributed by atoms with Crippen molar-refractivity contribution < 1.29 is 15.0 Å². The third kappa shape index (κ3) is 4.44. The van der Waals surface area contributed by atoms with Gasteiger partial charge in [0.15, 0.2) is 0 Å². The number of hydrogen-bond donors (Lipinski definition) is 3. The van der Waals surface area contributed by atoms with E-state index < -0.39 is 18.6 Å². The fraction of sp³-hybridized carbons (Fsp3) is 0.350. The first-order valence-electron chi connectivity index (χ1n) is 9.74. The first-order valence-corrected chi connectivity index (χ1v) is 9.74. The quantitative estimate of drug-likeness (QED) is 0.510. The van der Waals surface area contributed by atoms with Crippen molar-refractivity contribution in [2.75, 3.05) is 43.0 Å². The second-order valence-electron chi connectivity index (χ2n) is 7.04. The molecule has 156 valence electrons. The molecule has 3 aromatic rings. The zero-order chi connectivity index (χ0) is 20.9. The standard InChI is InChI=1S/C20H23N7O3/c28-13-16(19(29)30)24-18-14-4-1-2-5-15(14)23-17(25-18)12-26-8-10-27(11-9-26)20-21-6-3-7-22-20/h1-7,16,28H,8-13H2,(H,29,30)(H,23,24,25). The molecule has 1 unspecified atom stereocenters. The van der Waals surface area contributed by atoms with Crippen molar-refractivity contribution in [2.45, 2.75) is 12.6 Å². The first kappa shape index (κ1) is 19.9. The second kappa shape index (κ2) is 8.97. The van der Waals surface area contributed by atoms with Gasteiger partial charge >= 0.3 is 5.97 Å². The molecule has 1 fully saturated rings. The fourth-order valence-corrected chi connectivity index (χ4v) is 3.42. The van der Waals surface area contributed by atoms with Crippen LogP contribution in [0.3, 0.4) is 0 Å². The molecule has 1 aliphatic rings. The van der Waals surface area contributed by atoms with Crippen LogP contribution in [-0.2, 0) is 11.3 Å². The number of nitrogens with zero attached hydrogens (tertiary/aromatic N) is 6. The average molecular weight is 409 g/mol. The zero-order valence-corrected chi connectivity index (χ0v) is 16.3. The zero-order valence-electron chi connectivity index (χ0n) is 16.3. The Labute approximate surface area is 173 Å². The van der Waals surface area contributed by atoms with Crippen LogP contribution in [0.1, 0.15) is 5.82 Å². The number of para-hydroxylation sites is 1. The summed E-state index contributed by atoms with van der Waals surface area (Å²) in [6, 6.07) is 8.08. The maximum Gasteiger partial charge on any atom is 0.328 e. The van der Waals surface area contributed by atoms with Crippen molar-refractivity contribution >= 4 is 28.6 Å². The lowest BCUT2D eigenvalue weighted by molar-refractivity contribution is -0.138. The Hall–Kier alpha value is -3.37. The topological polar surface area (TPSA) is 128 Å². The number of nitrogens with one attached hydrogen (secondary N) is 1. The summed E-state index contributed by atoms with van der Waals surface area (Å²) in [6.45, 7) is 3.23. The number of aliphatic hydroxyl groups excluding tert-OH is 1. The molecule has 1 saturated heterocycles. The van der Waals surface area contributed by atoms with Crippen molar-refractivity contribution in [2.24, 2.45) is 0 Å². The predicted octanol–water partition coefficient (Wildman–Crippen LogP) is 0.599. The van der Waals surface area contributed by atoms with Gasteiger partial charge < -0.3 is 20.4 Å². The Morgan fingerprint density at radius 3 is 2.50 bits per heavy atom. The lowest BCUT2D eigenvalue weighted by atomic mass is 10.2. The lowest BCUT2D eigenvalue weighted by Gasteiger charge is -2.34. The summed E-state index contributed by atoms with van der Waals surface area (Å²) >= 11 is 0. The van der Waals surface area contributed by atoms with Crippen molar-refractivity contribution in [3.63, 3.8) is 0 Å². The molecule has 0 aliphatic carbocycles. The second-order valence-corrected chi connectivity index (χ2v) is 7.04. The van der Waals surface area contributed by atoms with Crippen LogP contribution in [-0.4, -0.2) is 79.8 Å². The van der Waals surface area contributed by atoms with Crippen LogP contribution in [0, 0.1) is 0 Å². The van der Waals surface area contributed by atoms with Gasteiger partial charge in [-0.3, -0.25) is 4.90 Å². The summed E-state index contributed by atoms with van der Waals surface area (Å²) in [6.07, 6.45) is 3.48. The molecule has 0 radical (unpaired) electrons. The van der Waals surface area contributed by atoms with Crippen LogP contribution in [0.5, 0.6) is 0 Å². The van der Waals surface area contributed by atoms with Gasteiger partial charge in [0.1, 0.15) is 17.7 Å². The number of piperazine rings is 1. The highest BCUT2D eigenvalue weighted by Gasteiger charge is 2.22. The minimum atomic E-state index is -1.14. The number of aliphatic carboxylic acids is 1. The molecule has 0 amide bonds. The molecule has 2 aromatic heterocycles. The summed E-state index contributed by atoms with van der Waals surface area (Å²) in [5.74, 6) is 0.603. The van der Waals surface area contributed by atoms with Crippen molar-refractivity contribution in [3.05, 3.63) is 48.5 Å². The van der Waals surface area contributed by atoms with Crippen LogP contribution in [0.2, 0.25) is 0 Å². The van der Waals surface area contributed by atoms with E-state index in [1.165, 1.54) is 0 Å². The molecule has 1 aromatic carbocycles. The molecule has 0 spiro atoms. The van der Waals surface area contributed by atoms with Crippen LogP contribution >= 0.6 is 0 Å². The van der Waals surface area contributed by atoms with Crippen molar-refractivity contribution in [1.29, 1.82) is 0 Å². The number of rotatable bonds is 7. The lowest BCUT2D eigenvalue weighted by Crippen LogP contribution is -2.46. The number of hydrogen-bond acceptors (Lipinski definition) is 9. The SMILES string of the molecule is O=C(O)C(CO)Nc1nc(CN2CCN(c3ncccn3)CC2)nc2ccccc12. The van der Waals surface area contributed by atoms with Gasteiger partial charge in [-0.05, 0) is 18.2 Å². The number of aromatic nitrogens is 4. The number of anilines is 2. The van der Waals surface area contributed by atoms with Gasteiger partial charge in [0.05, 0.1) is 18.7 Å². The summed E-state index contributed by atoms with van der Waals surface area (Å²) in [5.41, 5.74) is 0.725. The molecule has 3 heterocycles. The maximum absolute atomic E-state index is 11.3. The molecule has 4 rings (SSSR count). The molecule has 0 saturated carbocycles. The molecule has 10 heteroatoms. The van der Waals surface area contributed by atoms with Crippen molar-refractivity contribution in [3.8, 4) is 0 Å². The average Bonchev–Trinajstić information content (AvgIpc) is 2.78. The Morgan fingerprint density at radius 2 is 1.80 bits per heavy atom. The molecule has 10 nitrogen and oxygen atoms in total. The maximum atomic E-state index is 11.3. The summed E-state index contributed by atoms with van der Waals surface area (Å²) in [5, 5.41) is 22.2. The Kier molecular flexibility index (Phi) is 5.96. The summed E-state index contributed by atoms with van der Waals surface area (Å²) in [7, 11) is 0. The van der Waals surface area contributed by atoms with Gasteiger partial charge in [-0.1, -0.05) is 12.1 Å². The van der Waals surface area contributed by atoms with E-state index in [4.69, 9.17) is 0 Å². The van der Waals surface area contributed by atoms with E-state index in [1.54, 1.807) is 18.5 Å². The highest BCUT2D eigenvalue weighted by atomic mass is 16.4. The molecule has 1 aliphatic heterocycles. The highest BCUT2D eigenvalue weighted by Crippen LogP contribution is 2.22. The van der Waals surface area contributed by atoms with Crippen LogP contribution < -0.4 is 10.2 Å². The third-order valence-electron chi connectivity index (χ3n) is 5.01. The Bertz CT molecular complexity index is 1010. The number of fused-ring (bicyclic) bond motifs is 1. The largest absolute Gasteiger partial charge is 0.480 e. The fourth-order valence-electron chi connectivity index (χ4n) is 3.42. The van der Waals surface area contributed by atoms with Gasteiger partial charge in [0.25, 0.3) is 0 Å². The van der Waals surface area contributed by atoms with Gasteiger partial charge in [-0.15, -0.1) is 0 Å². The Morgan fingerprint density at radius 1 is 1.07 bits per heavy atom. The van der Waals surface area contributed by atoms with Crippen LogP contribution in [0.4, 0.5) is 11.8 Å². The smallest absolute Gasteiger partial charge is 0.328 e. The van der Waals surface area contributed by atoms with E-state index in [9.17, 15) is 15.0 Å². The third-order valence-corrected chi connectivity index (χ3v) is 5.01. The van der Waals surface area contributed by atoms with Crippen LogP contribution in [0.15, 0.2) is 42.7 Å². The van der Waals surface area contributed by atoms with Gasteiger partial charge in [-0.25, -0.2) is 24.7 Å². The number of carboxylic acids is 1. The molecule has 0 bridgehead atoms. The van der Waals surface area contributed by atoms with E-state index in [0.717, 1.165) is 37.6 Å². The number of benzene rings is 1. The minimum Gasteiger partial charge on any atom is -0.480 e. The minimum absolute atomic E-state index is 0.411. The monoisotopic (exact) mass is 409 g/mol. The van der Waals surface area contributed by atoms with E-state index in [2.05, 4.69) is 35.1 Å². The molecular weight excluding hydrogens is 386 g/mol. The van der Waals surface area contributed by atoms with E-state index >= 15 is 0 Å². The van der Waals surface area contributed by atoms with E-state index in [1.807, 2.05) is 24.3 Å². The van der Waals surface area contributed by atoms with Gasteiger partial charge in [0.2, 0.25) is 5.95 Å². The molecule has 30 heavy (non-hydrogen) atoms. The van der Waals surface area contributed by atoms with Gasteiger partial charge in [-0.2, -0.15) is 0 Å². The number of carbonyl (C=O) groups is 1. The van der Waals surface area contributed by atoms with E-state index in [-0.39, 0.29) is 0 Å². The van der Waals surface area contributed by atoms with Crippen LogP contribution in [0.25, 0.3) is 10.9 Å². The van der Waals surface area contributed by atoms with Crippen molar-refractivity contribution in [1.82, 2.24) is 24.8 Å². The normalized spacial score (nSPS) is 15.8. The predicted molar refractivity (Wildman–Crippen MR) is 111 cm³/mol.